The number of benzene rings is 1. The summed E-state index contributed by atoms with van der Waals surface area (Å²) in [6, 6.07) is 5.56. The third kappa shape index (κ3) is 3.27. The third-order valence-corrected chi connectivity index (χ3v) is 2.04. The van der Waals surface area contributed by atoms with Crippen LogP contribution in [0.2, 0.25) is 0 Å². The van der Waals surface area contributed by atoms with Crippen molar-refractivity contribution in [2.24, 2.45) is 10.9 Å². The number of nitrogens with zero attached hydrogens (tertiary/aromatic N) is 1. The number of carbonyl (C=O) groups excluding carboxylic acids is 1. The van der Waals surface area contributed by atoms with E-state index in [1.807, 2.05) is 19.9 Å². The van der Waals surface area contributed by atoms with Gasteiger partial charge in [0, 0.05) is 5.56 Å². The molecule has 0 aliphatic carbocycles. The molecular formula is C11H15N3O2. The number of hydrogen-bond acceptors (Lipinski definition) is 3. The van der Waals surface area contributed by atoms with Crippen molar-refractivity contribution >= 4 is 11.7 Å². The van der Waals surface area contributed by atoms with Crippen LogP contribution < -0.4 is 11.1 Å². The van der Waals surface area contributed by atoms with Crippen LogP contribution in [0.25, 0.3) is 0 Å². The van der Waals surface area contributed by atoms with Crippen LogP contribution in [-0.4, -0.2) is 23.5 Å². The van der Waals surface area contributed by atoms with Gasteiger partial charge >= 0.3 is 0 Å². The summed E-state index contributed by atoms with van der Waals surface area (Å²) in [5.74, 6) is -0.267. The Balaban J connectivity index is 2.73. The Morgan fingerprint density at radius 3 is 2.44 bits per heavy atom. The lowest BCUT2D eigenvalue weighted by Crippen LogP contribution is -2.33. The van der Waals surface area contributed by atoms with Crippen LogP contribution in [0, 0.1) is 13.8 Å². The molecule has 0 spiro atoms. The molecule has 1 aromatic carbocycles. The van der Waals surface area contributed by atoms with E-state index in [0.29, 0.717) is 5.56 Å². The second kappa shape index (κ2) is 5.16. The van der Waals surface area contributed by atoms with Gasteiger partial charge in [-0.1, -0.05) is 22.3 Å². The first-order valence-corrected chi connectivity index (χ1v) is 4.86. The molecule has 0 aliphatic heterocycles. The first-order valence-electron chi connectivity index (χ1n) is 4.86. The highest BCUT2D eigenvalue weighted by Crippen LogP contribution is 2.08. The number of nitrogens with two attached hydrogens (primary N) is 1. The van der Waals surface area contributed by atoms with Crippen molar-refractivity contribution in [2.75, 3.05) is 6.54 Å². The molecular weight excluding hydrogens is 206 g/mol. The van der Waals surface area contributed by atoms with Gasteiger partial charge < -0.3 is 16.3 Å². The molecule has 0 aromatic heterocycles. The van der Waals surface area contributed by atoms with E-state index in [2.05, 4.69) is 10.5 Å². The van der Waals surface area contributed by atoms with Crippen LogP contribution in [-0.2, 0) is 0 Å². The van der Waals surface area contributed by atoms with Gasteiger partial charge in [-0.15, -0.1) is 0 Å². The summed E-state index contributed by atoms with van der Waals surface area (Å²) in [6.07, 6.45) is 0. The summed E-state index contributed by atoms with van der Waals surface area (Å²) in [5, 5.41) is 13.6. The number of nitrogens with one attached hydrogen (secondary N) is 1. The lowest BCUT2D eigenvalue weighted by atomic mass is 10.1. The van der Waals surface area contributed by atoms with Crippen LogP contribution in [0.3, 0.4) is 0 Å². The molecule has 0 bridgehead atoms. The van der Waals surface area contributed by atoms with Gasteiger partial charge in [0.05, 0.1) is 6.54 Å². The average molecular weight is 221 g/mol. The molecule has 4 N–H and O–H groups in total. The summed E-state index contributed by atoms with van der Waals surface area (Å²) >= 11 is 0. The SMILES string of the molecule is Cc1cc(C)cc(C(=O)NC/C(N)=N/O)c1. The first kappa shape index (κ1) is 12.0. The van der Waals surface area contributed by atoms with E-state index in [4.69, 9.17) is 10.9 Å². The van der Waals surface area contributed by atoms with E-state index in [0.717, 1.165) is 11.1 Å². The molecule has 0 aliphatic rings. The van der Waals surface area contributed by atoms with Gasteiger partial charge in [0.15, 0.2) is 5.84 Å². The minimum atomic E-state index is -0.238. The Morgan fingerprint density at radius 2 is 1.94 bits per heavy atom. The van der Waals surface area contributed by atoms with E-state index in [1.54, 1.807) is 12.1 Å². The van der Waals surface area contributed by atoms with Crippen LogP contribution in [0.5, 0.6) is 0 Å². The molecule has 0 radical (unpaired) electrons. The smallest absolute Gasteiger partial charge is 0.251 e. The second-order valence-corrected chi connectivity index (χ2v) is 3.65. The average Bonchev–Trinajstić information content (AvgIpc) is 2.23. The highest BCUT2D eigenvalue weighted by Gasteiger charge is 2.06. The van der Waals surface area contributed by atoms with Gasteiger partial charge in [-0.3, -0.25) is 4.79 Å². The Kier molecular flexibility index (Phi) is 3.88. The molecule has 0 atom stereocenters. The Bertz CT molecular complexity index is 407. The predicted octanol–water partition coefficient (Wildman–Crippen LogP) is 0.780. The number of hydrogen-bond donors (Lipinski definition) is 3. The van der Waals surface area contributed by atoms with Crippen molar-refractivity contribution < 1.29 is 10.0 Å². The quantitative estimate of drug-likeness (QED) is 0.305. The van der Waals surface area contributed by atoms with Gasteiger partial charge in [-0.2, -0.15) is 0 Å². The van der Waals surface area contributed by atoms with Crippen molar-refractivity contribution in [2.45, 2.75) is 13.8 Å². The van der Waals surface area contributed by atoms with E-state index in [1.165, 1.54) is 0 Å². The predicted molar refractivity (Wildman–Crippen MR) is 61.7 cm³/mol. The molecule has 5 nitrogen and oxygen atoms in total. The molecule has 0 saturated heterocycles. The van der Waals surface area contributed by atoms with Crippen molar-refractivity contribution in [3.05, 3.63) is 34.9 Å². The fourth-order valence-electron chi connectivity index (χ4n) is 1.41. The van der Waals surface area contributed by atoms with Crippen LogP contribution in [0.1, 0.15) is 21.5 Å². The molecule has 0 unspecified atom stereocenters. The largest absolute Gasteiger partial charge is 0.409 e. The molecule has 86 valence electrons. The zero-order valence-electron chi connectivity index (χ0n) is 9.32. The number of amides is 1. The topological polar surface area (TPSA) is 87.7 Å². The molecule has 1 rings (SSSR count). The van der Waals surface area contributed by atoms with Gasteiger partial charge in [0.1, 0.15) is 0 Å². The van der Waals surface area contributed by atoms with Crippen molar-refractivity contribution in [3.63, 3.8) is 0 Å². The van der Waals surface area contributed by atoms with E-state index in [9.17, 15) is 4.79 Å². The molecule has 0 saturated carbocycles. The molecule has 1 amide bonds. The molecule has 0 fully saturated rings. The van der Waals surface area contributed by atoms with Crippen molar-refractivity contribution in [3.8, 4) is 0 Å². The highest BCUT2D eigenvalue weighted by atomic mass is 16.4. The normalized spacial score (nSPS) is 11.2. The zero-order chi connectivity index (χ0) is 12.1. The number of rotatable bonds is 3. The van der Waals surface area contributed by atoms with Gasteiger partial charge in [-0.25, -0.2) is 0 Å². The lowest BCUT2D eigenvalue weighted by Gasteiger charge is -2.06. The van der Waals surface area contributed by atoms with Crippen molar-refractivity contribution in [1.82, 2.24) is 5.32 Å². The van der Waals surface area contributed by atoms with Gasteiger partial charge in [0.25, 0.3) is 5.91 Å². The molecule has 16 heavy (non-hydrogen) atoms. The maximum atomic E-state index is 11.7. The Hall–Kier alpha value is -2.04. The lowest BCUT2D eigenvalue weighted by molar-refractivity contribution is 0.0959. The third-order valence-electron chi connectivity index (χ3n) is 2.04. The van der Waals surface area contributed by atoms with Crippen LogP contribution in [0.4, 0.5) is 0 Å². The highest BCUT2D eigenvalue weighted by molar-refractivity contribution is 5.97. The van der Waals surface area contributed by atoms with E-state index < -0.39 is 0 Å². The standard InChI is InChI=1S/C11H15N3O2/c1-7-3-8(2)5-9(4-7)11(15)13-6-10(12)14-16/h3-5,16H,6H2,1-2H3,(H2,12,14)(H,13,15). The number of aryl methyl sites for hydroxylation is 2. The Labute approximate surface area is 94.0 Å². The maximum Gasteiger partial charge on any atom is 0.251 e. The molecule has 5 heteroatoms. The van der Waals surface area contributed by atoms with E-state index in [-0.39, 0.29) is 18.3 Å². The summed E-state index contributed by atoms with van der Waals surface area (Å²) in [7, 11) is 0. The molecule has 1 aromatic rings. The fraction of sp³-hybridized carbons (Fsp3) is 0.273. The number of amidine groups is 1. The maximum absolute atomic E-state index is 11.7. The zero-order valence-corrected chi connectivity index (χ0v) is 9.32. The summed E-state index contributed by atoms with van der Waals surface area (Å²) in [6.45, 7) is 3.88. The second-order valence-electron chi connectivity index (χ2n) is 3.65. The minimum Gasteiger partial charge on any atom is -0.409 e. The molecule has 0 heterocycles. The van der Waals surface area contributed by atoms with Crippen LogP contribution in [0.15, 0.2) is 23.4 Å². The monoisotopic (exact) mass is 221 g/mol. The van der Waals surface area contributed by atoms with E-state index >= 15 is 0 Å². The summed E-state index contributed by atoms with van der Waals surface area (Å²) in [4.78, 5) is 11.7. The number of carbonyl (C=O) groups is 1. The summed E-state index contributed by atoms with van der Waals surface area (Å²) < 4.78 is 0. The van der Waals surface area contributed by atoms with Gasteiger partial charge in [0.2, 0.25) is 0 Å². The summed E-state index contributed by atoms with van der Waals surface area (Å²) in [5.41, 5.74) is 7.86. The van der Waals surface area contributed by atoms with Gasteiger partial charge in [-0.05, 0) is 26.0 Å². The minimum absolute atomic E-state index is 0.0299. The first-order chi connectivity index (χ1) is 7.52. The van der Waals surface area contributed by atoms with Crippen molar-refractivity contribution in [1.29, 1.82) is 0 Å². The Morgan fingerprint density at radius 1 is 1.38 bits per heavy atom. The number of oxime groups is 1. The fourth-order valence-corrected chi connectivity index (χ4v) is 1.41. The van der Waals surface area contributed by atoms with Crippen LogP contribution >= 0.6 is 0 Å².